The molecule has 0 atom stereocenters. The Bertz CT molecular complexity index is 829. The number of rotatable bonds is 1. The average Bonchev–Trinajstić information content (AvgIpc) is 3.02. The predicted molar refractivity (Wildman–Crippen MR) is 73.6 cm³/mol. The molecule has 4 rings (SSSR count). The summed E-state index contributed by atoms with van der Waals surface area (Å²) < 4.78 is 5.19. The van der Waals surface area contributed by atoms with E-state index >= 15 is 0 Å². The molecule has 1 aromatic carbocycles. The van der Waals surface area contributed by atoms with Gasteiger partial charge in [-0.25, -0.2) is 0 Å². The highest BCUT2D eigenvalue weighted by molar-refractivity contribution is 6.10. The van der Waals surface area contributed by atoms with Crippen LogP contribution in [0.25, 0.3) is 22.4 Å². The second-order valence-electron chi connectivity index (χ2n) is 5.16. The Morgan fingerprint density at radius 2 is 2.20 bits per heavy atom. The lowest BCUT2D eigenvalue weighted by Crippen LogP contribution is -2.09. The number of benzene rings is 1. The van der Waals surface area contributed by atoms with Crippen LogP contribution in [0, 0.1) is 6.92 Å². The van der Waals surface area contributed by atoms with Crippen LogP contribution >= 0.6 is 0 Å². The maximum absolute atomic E-state index is 12.1. The lowest BCUT2D eigenvalue weighted by atomic mass is 9.94. The van der Waals surface area contributed by atoms with Crippen LogP contribution in [0.3, 0.4) is 0 Å². The van der Waals surface area contributed by atoms with Gasteiger partial charge in [-0.3, -0.25) is 4.79 Å². The molecule has 1 aliphatic carbocycles. The lowest BCUT2D eigenvalue weighted by molar-refractivity contribution is 0.0974. The van der Waals surface area contributed by atoms with Gasteiger partial charge in [0.15, 0.2) is 11.6 Å². The number of aromatic amines is 1. The first-order chi connectivity index (χ1) is 9.72. The van der Waals surface area contributed by atoms with Crippen molar-refractivity contribution in [1.29, 1.82) is 0 Å². The summed E-state index contributed by atoms with van der Waals surface area (Å²) in [5.74, 6) is 1.31. The Labute approximate surface area is 115 Å². The molecule has 3 aromatic rings. The lowest BCUT2D eigenvalue weighted by Gasteiger charge is -2.09. The Hall–Kier alpha value is -2.43. The van der Waals surface area contributed by atoms with Crippen molar-refractivity contribution in [2.24, 2.45) is 0 Å². The summed E-state index contributed by atoms with van der Waals surface area (Å²) in [5, 5.41) is 4.76. The van der Waals surface area contributed by atoms with E-state index in [2.05, 4.69) is 15.1 Å². The number of nitrogens with zero attached hydrogens (tertiary/aromatic N) is 2. The molecule has 0 amide bonds. The highest BCUT2D eigenvalue weighted by Crippen LogP contribution is 2.31. The third kappa shape index (κ3) is 1.59. The summed E-state index contributed by atoms with van der Waals surface area (Å²) in [6.45, 7) is 1.78. The van der Waals surface area contributed by atoms with Gasteiger partial charge >= 0.3 is 0 Å². The maximum atomic E-state index is 12.1. The number of nitrogens with one attached hydrogen (secondary N) is 1. The zero-order valence-electron chi connectivity index (χ0n) is 11.1. The highest BCUT2D eigenvalue weighted by atomic mass is 16.5. The summed E-state index contributed by atoms with van der Waals surface area (Å²) in [6.07, 6.45) is 2.49. The molecule has 0 saturated carbocycles. The first-order valence-corrected chi connectivity index (χ1v) is 6.71. The largest absolute Gasteiger partial charge is 0.358 e. The van der Waals surface area contributed by atoms with Gasteiger partial charge in [-0.1, -0.05) is 5.16 Å². The second-order valence-corrected chi connectivity index (χ2v) is 5.16. The molecule has 5 heteroatoms. The van der Waals surface area contributed by atoms with Crippen LogP contribution in [0.2, 0.25) is 0 Å². The van der Waals surface area contributed by atoms with E-state index < -0.39 is 0 Å². The molecule has 0 aliphatic heterocycles. The molecule has 0 spiro atoms. The number of hydrogen-bond acceptors (Lipinski definition) is 4. The van der Waals surface area contributed by atoms with E-state index in [9.17, 15) is 4.79 Å². The maximum Gasteiger partial charge on any atom is 0.257 e. The van der Waals surface area contributed by atoms with Crippen molar-refractivity contribution in [2.45, 2.75) is 26.2 Å². The molecule has 2 aromatic heterocycles. The first kappa shape index (κ1) is 11.4. The van der Waals surface area contributed by atoms with E-state index in [1.807, 2.05) is 18.2 Å². The Morgan fingerprint density at radius 3 is 3.00 bits per heavy atom. The number of aromatic nitrogens is 3. The van der Waals surface area contributed by atoms with Gasteiger partial charge in [0, 0.05) is 34.1 Å². The van der Waals surface area contributed by atoms with Crippen LogP contribution in [0.5, 0.6) is 0 Å². The van der Waals surface area contributed by atoms with Crippen LogP contribution < -0.4 is 0 Å². The summed E-state index contributed by atoms with van der Waals surface area (Å²) in [4.78, 5) is 19.7. The van der Waals surface area contributed by atoms with Crippen molar-refractivity contribution in [3.05, 3.63) is 35.3 Å². The van der Waals surface area contributed by atoms with Crippen LogP contribution in [0.15, 0.2) is 22.7 Å². The Kier molecular flexibility index (Phi) is 2.30. The second kappa shape index (κ2) is 4.03. The van der Waals surface area contributed by atoms with Gasteiger partial charge in [0.2, 0.25) is 0 Å². The van der Waals surface area contributed by atoms with Crippen molar-refractivity contribution < 1.29 is 9.32 Å². The fraction of sp³-hybridized carbons (Fsp3) is 0.267. The Morgan fingerprint density at radius 1 is 1.30 bits per heavy atom. The number of Topliss-reactive ketones (excluding diaryl/α,β-unsaturated/α-hetero) is 1. The summed E-state index contributed by atoms with van der Waals surface area (Å²) >= 11 is 0. The SMILES string of the molecule is Cc1noc(-c2ccc3[nH]c4c(c3c2)C(=O)CCC4)n1. The standard InChI is InChI=1S/C15H13N3O2/c1-8-16-15(20-18-8)9-5-6-11-10(7-9)14-12(17-11)3-2-4-13(14)19/h5-7,17H,2-4H2,1H3. The fourth-order valence-corrected chi connectivity index (χ4v) is 2.85. The van der Waals surface area contributed by atoms with Gasteiger partial charge < -0.3 is 9.51 Å². The number of hydrogen-bond donors (Lipinski definition) is 1. The fourth-order valence-electron chi connectivity index (χ4n) is 2.85. The average molecular weight is 267 g/mol. The zero-order chi connectivity index (χ0) is 13.7. The number of aryl methyl sites for hydroxylation is 2. The van der Waals surface area contributed by atoms with Gasteiger partial charge in [-0.05, 0) is 38.0 Å². The Balaban J connectivity index is 1.94. The molecule has 20 heavy (non-hydrogen) atoms. The summed E-state index contributed by atoms with van der Waals surface area (Å²) in [7, 11) is 0. The van der Waals surface area contributed by atoms with Gasteiger partial charge in [-0.15, -0.1) is 0 Å². The first-order valence-electron chi connectivity index (χ1n) is 6.71. The van der Waals surface area contributed by atoms with E-state index in [1.165, 1.54) is 0 Å². The van der Waals surface area contributed by atoms with Crippen LogP contribution in [-0.4, -0.2) is 20.9 Å². The van der Waals surface area contributed by atoms with Crippen LogP contribution in [-0.2, 0) is 6.42 Å². The molecule has 2 heterocycles. The predicted octanol–water partition coefficient (Wildman–Crippen LogP) is 3.05. The quantitative estimate of drug-likeness (QED) is 0.735. The number of carbonyl (C=O) groups is 1. The molecule has 0 radical (unpaired) electrons. The minimum atomic E-state index is 0.219. The molecule has 0 unspecified atom stereocenters. The smallest absolute Gasteiger partial charge is 0.257 e. The number of carbonyl (C=O) groups excluding carboxylic acids is 1. The molecule has 0 saturated heterocycles. The number of fused-ring (bicyclic) bond motifs is 3. The molecule has 1 aliphatic rings. The molecule has 100 valence electrons. The third-order valence-electron chi connectivity index (χ3n) is 3.76. The van der Waals surface area contributed by atoms with Gasteiger partial charge in [-0.2, -0.15) is 4.98 Å². The van der Waals surface area contributed by atoms with E-state index in [-0.39, 0.29) is 5.78 Å². The summed E-state index contributed by atoms with van der Waals surface area (Å²) in [6, 6.07) is 5.86. The van der Waals surface area contributed by atoms with Gasteiger partial charge in [0.05, 0.1) is 0 Å². The van der Waals surface area contributed by atoms with E-state index in [1.54, 1.807) is 6.92 Å². The van der Waals surface area contributed by atoms with Gasteiger partial charge in [0.25, 0.3) is 5.89 Å². The number of ketones is 1. The monoisotopic (exact) mass is 267 g/mol. The van der Waals surface area contributed by atoms with E-state index in [4.69, 9.17) is 4.52 Å². The molecular formula is C15H13N3O2. The van der Waals surface area contributed by atoms with Crippen LogP contribution in [0.1, 0.15) is 34.7 Å². The van der Waals surface area contributed by atoms with Crippen molar-refractivity contribution in [1.82, 2.24) is 15.1 Å². The highest BCUT2D eigenvalue weighted by Gasteiger charge is 2.22. The summed E-state index contributed by atoms with van der Waals surface area (Å²) in [5.41, 5.74) is 3.72. The van der Waals surface area contributed by atoms with E-state index in [0.717, 1.165) is 40.6 Å². The topological polar surface area (TPSA) is 71.8 Å². The number of H-pyrrole nitrogens is 1. The molecular weight excluding hydrogens is 254 g/mol. The van der Waals surface area contributed by atoms with Crippen LogP contribution in [0.4, 0.5) is 0 Å². The van der Waals surface area contributed by atoms with Crippen molar-refractivity contribution in [3.63, 3.8) is 0 Å². The molecule has 0 fully saturated rings. The van der Waals surface area contributed by atoms with E-state index in [0.29, 0.717) is 18.1 Å². The van der Waals surface area contributed by atoms with Crippen molar-refractivity contribution in [2.75, 3.05) is 0 Å². The minimum Gasteiger partial charge on any atom is -0.358 e. The zero-order valence-corrected chi connectivity index (χ0v) is 11.1. The molecule has 0 bridgehead atoms. The van der Waals surface area contributed by atoms with Gasteiger partial charge in [0.1, 0.15) is 0 Å². The third-order valence-corrected chi connectivity index (χ3v) is 3.76. The molecule has 1 N–H and O–H groups in total. The molecule has 5 nitrogen and oxygen atoms in total. The normalized spacial score (nSPS) is 14.8. The van der Waals surface area contributed by atoms with Crippen molar-refractivity contribution in [3.8, 4) is 11.5 Å². The van der Waals surface area contributed by atoms with Crippen molar-refractivity contribution >= 4 is 16.7 Å². The minimum absolute atomic E-state index is 0.219.